The Labute approximate surface area is 170 Å². The van der Waals surface area contributed by atoms with Crippen LogP contribution in [0.3, 0.4) is 0 Å². The number of phenolic OH excluding ortho intramolecular Hbond substituents is 2. The van der Waals surface area contributed by atoms with E-state index in [0.29, 0.717) is 28.3 Å². The number of phenols is 2. The third kappa shape index (κ3) is 3.35. The van der Waals surface area contributed by atoms with Crippen molar-refractivity contribution in [2.45, 2.75) is 31.1 Å². The second kappa shape index (κ2) is 7.91. The van der Waals surface area contributed by atoms with Crippen molar-refractivity contribution in [3.05, 3.63) is 30.4 Å². The summed E-state index contributed by atoms with van der Waals surface area (Å²) in [6, 6.07) is 2.68. The fourth-order valence-electron chi connectivity index (χ4n) is 3.39. The maximum atomic E-state index is 10.3. The molecule has 1 aromatic carbocycles. The van der Waals surface area contributed by atoms with Gasteiger partial charge >= 0.3 is 0 Å². The molecule has 4 rings (SSSR count). The van der Waals surface area contributed by atoms with E-state index in [1.807, 2.05) is 0 Å². The molecule has 1 saturated heterocycles. The summed E-state index contributed by atoms with van der Waals surface area (Å²) in [7, 11) is 1.45. The minimum absolute atomic E-state index is 0.198. The van der Waals surface area contributed by atoms with E-state index < -0.39 is 31.1 Å². The van der Waals surface area contributed by atoms with Crippen molar-refractivity contribution < 1.29 is 35.0 Å². The smallest absolute Gasteiger partial charge is 0.167 e. The summed E-state index contributed by atoms with van der Waals surface area (Å²) in [6.07, 6.45) is -1.70. The molecule has 4 atom stereocenters. The van der Waals surface area contributed by atoms with Gasteiger partial charge in [-0.1, -0.05) is 0 Å². The van der Waals surface area contributed by atoms with Crippen LogP contribution in [0.1, 0.15) is 11.8 Å². The first-order chi connectivity index (χ1) is 14.4. The van der Waals surface area contributed by atoms with Crippen molar-refractivity contribution >= 4 is 17.0 Å². The highest BCUT2D eigenvalue weighted by Crippen LogP contribution is 2.34. The summed E-state index contributed by atoms with van der Waals surface area (Å²) in [5, 5.41) is 52.0. The van der Waals surface area contributed by atoms with E-state index in [1.54, 1.807) is 0 Å². The van der Waals surface area contributed by atoms with Crippen molar-refractivity contribution in [1.29, 1.82) is 0 Å². The molecule has 0 bridgehead atoms. The molecule has 2 aromatic heterocycles. The largest absolute Gasteiger partial charge is 0.504 e. The lowest BCUT2D eigenvalue weighted by atomic mass is 10.1. The van der Waals surface area contributed by atoms with E-state index in [9.17, 15) is 25.5 Å². The molecule has 1 aliphatic rings. The van der Waals surface area contributed by atoms with Gasteiger partial charge in [-0.25, -0.2) is 15.0 Å². The quantitative estimate of drug-likeness (QED) is 0.283. The number of aromatic hydroxyl groups is 2. The molecule has 0 spiro atoms. The Kier molecular flexibility index (Phi) is 5.30. The fourth-order valence-corrected chi connectivity index (χ4v) is 3.39. The number of rotatable bonds is 6. The summed E-state index contributed by atoms with van der Waals surface area (Å²) >= 11 is 0. The van der Waals surface area contributed by atoms with Crippen LogP contribution in [-0.2, 0) is 11.3 Å². The summed E-state index contributed by atoms with van der Waals surface area (Å²) < 4.78 is 12.2. The minimum Gasteiger partial charge on any atom is -0.504 e. The molecule has 0 aliphatic carbocycles. The molecule has 0 saturated carbocycles. The minimum atomic E-state index is -1.27. The maximum Gasteiger partial charge on any atom is 0.167 e. The number of ether oxygens (including phenoxy) is 2. The molecule has 30 heavy (non-hydrogen) atoms. The Bertz CT molecular complexity index is 1060. The molecule has 12 heteroatoms. The Hall–Kier alpha value is -3.19. The van der Waals surface area contributed by atoms with E-state index in [2.05, 4.69) is 20.3 Å². The van der Waals surface area contributed by atoms with Crippen LogP contribution >= 0.6 is 0 Å². The summed E-state index contributed by atoms with van der Waals surface area (Å²) in [5.74, 6) is 0.173. The Balaban J connectivity index is 1.61. The highest BCUT2D eigenvalue weighted by molar-refractivity contribution is 5.82. The molecule has 0 amide bonds. The SMILES string of the molecule is COc1cc(O)c(O)cc1CNc1ncnc2c1ncn2[C@@H]1O[C@H](CO)[C@@H](O)[C@H]1O. The molecule has 0 radical (unpaired) electrons. The first kappa shape index (κ1) is 20.1. The van der Waals surface area contributed by atoms with Crippen LogP contribution in [-0.4, -0.2) is 77.1 Å². The van der Waals surface area contributed by atoms with Crippen LogP contribution in [0, 0.1) is 0 Å². The van der Waals surface area contributed by atoms with Crippen LogP contribution in [0.25, 0.3) is 11.2 Å². The number of aliphatic hydroxyl groups excluding tert-OH is 3. The zero-order valence-electron chi connectivity index (χ0n) is 15.9. The number of benzene rings is 1. The lowest BCUT2D eigenvalue weighted by molar-refractivity contribution is -0.0511. The molecule has 6 N–H and O–H groups in total. The number of methoxy groups -OCH3 is 1. The number of aliphatic hydroxyl groups is 3. The van der Waals surface area contributed by atoms with E-state index in [-0.39, 0.29) is 18.0 Å². The number of hydrogen-bond acceptors (Lipinski definition) is 11. The molecule has 1 fully saturated rings. The van der Waals surface area contributed by atoms with Gasteiger partial charge in [-0.2, -0.15) is 0 Å². The molecule has 12 nitrogen and oxygen atoms in total. The van der Waals surface area contributed by atoms with Gasteiger partial charge in [0.25, 0.3) is 0 Å². The summed E-state index contributed by atoms with van der Waals surface area (Å²) in [6.45, 7) is -0.242. The standard InChI is InChI=1S/C18H21N5O7/c1-29-11-3-10(26)9(25)2-8(11)4-19-16-13-17(21-6-20-16)23(7-22-13)18-15(28)14(27)12(5-24)30-18/h2-3,6-7,12,14-15,18,24-28H,4-5H2,1H3,(H,19,20,21)/t12-,14-,15-,18-/m1/s1. The zero-order chi connectivity index (χ0) is 21.4. The number of aromatic nitrogens is 4. The number of fused-ring (bicyclic) bond motifs is 1. The van der Waals surface area contributed by atoms with Gasteiger partial charge in [0.2, 0.25) is 0 Å². The predicted molar refractivity (Wildman–Crippen MR) is 102 cm³/mol. The molecule has 160 valence electrons. The molecule has 3 heterocycles. The lowest BCUT2D eigenvalue weighted by Crippen LogP contribution is -2.33. The molecule has 0 unspecified atom stereocenters. The van der Waals surface area contributed by atoms with Gasteiger partial charge in [-0.3, -0.25) is 4.57 Å². The van der Waals surface area contributed by atoms with Crippen molar-refractivity contribution in [3.63, 3.8) is 0 Å². The lowest BCUT2D eigenvalue weighted by Gasteiger charge is -2.16. The third-order valence-electron chi connectivity index (χ3n) is 4.97. The third-order valence-corrected chi connectivity index (χ3v) is 4.97. The van der Waals surface area contributed by atoms with E-state index in [4.69, 9.17) is 9.47 Å². The molecular weight excluding hydrogens is 398 g/mol. The predicted octanol–water partition coefficient (Wildman–Crippen LogP) is -0.530. The maximum absolute atomic E-state index is 10.3. The Morgan fingerprint density at radius 2 is 1.90 bits per heavy atom. The summed E-state index contributed by atoms with van der Waals surface area (Å²) in [5.41, 5.74) is 1.31. The van der Waals surface area contributed by atoms with E-state index in [1.165, 1.54) is 36.5 Å². The van der Waals surface area contributed by atoms with E-state index in [0.717, 1.165) is 0 Å². The van der Waals surface area contributed by atoms with E-state index >= 15 is 0 Å². The van der Waals surface area contributed by atoms with Crippen LogP contribution in [0.4, 0.5) is 5.82 Å². The fraction of sp³-hybridized carbons (Fsp3) is 0.389. The van der Waals surface area contributed by atoms with Crippen molar-refractivity contribution in [1.82, 2.24) is 19.5 Å². The average molecular weight is 419 g/mol. The zero-order valence-corrected chi connectivity index (χ0v) is 15.9. The molecule has 1 aliphatic heterocycles. The van der Waals surface area contributed by atoms with Crippen LogP contribution in [0.5, 0.6) is 17.2 Å². The second-order valence-electron chi connectivity index (χ2n) is 6.78. The van der Waals surface area contributed by atoms with Gasteiger partial charge in [0.05, 0.1) is 20.0 Å². The van der Waals surface area contributed by atoms with Crippen molar-refractivity contribution in [2.24, 2.45) is 0 Å². The van der Waals surface area contributed by atoms with Gasteiger partial charge in [0.1, 0.15) is 30.4 Å². The van der Waals surface area contributed by atoms with Crippen LogP contribution in [0.15, 0.2) is 24.8 Å². The van der Waals surface area contributed by atoms with Gasteiger partial charge in [0.15, 0.2) is 34.7 Å². The normalized spacial score (nSPS) is 23.7. The van der Waals surface area contributed by atoms with Crippen molar-refractivity contribution in [3.8, 4) is 17.2 Å². The Morgan fingerprint density at radius 1 is 1.13 bits per heavy atom. The number of hydrogen-bond donors (Lipinski definition) is 6. The number of imidazole rings is 1. The number of nitrogens with zero attached hydrogens (tertiary/aromatic N) is 4. The van der Waals surface area contributed by atoms with Gasteiger partial charge < -0.3 is 40.3 Å². The van der Waals surface area contributed by atoms with Gasteiger partial charge in [0, 0.05) is 18.2 Å². The second-order valence-corrected chi connectivity index (χ2v) is 6.78. The van der Waals surface area contributed by atoms with Crippen LogP contribution < -0.4 is 10.1 Å². The molecule has 3 aromatic rings. The number of anilines is 1. The Morgan fingerprint density at radius 3 is 2.60 bits per heavy atom. The first-order valence-electron chi connectivity index (χ1n) is 9.07. The highest BCUT2D eigenvalue weighted by Gasteiger charge is 2.44. The van der Waals surface area contributed by atoms with Crippen molar-refractivity contribution in [2.75, 3.05) is 19.0 Å². The average Bonchev–Trinajstić information content (AvgIpc) is 3.30. The monoisotopic (exact) mass is 419 g/mol. The van der Waals surface area contributed by atoms with Gasteiger partial charge in [-0.15, -0.1) is 0 Å². The van der Waals surface area contributed by atoms with Gasteiger partial charge in [-0.05, 0) is 6.07 Å². The summed E-state index contributed by atoms with van der Waals surface area (Å²) in [4.78, 5) is 12.6. The topological polar surface area (TPSA) is 175 Å². The van der Waals surface area contributed by atoms with Crippen LogP contribution in [0.2, 0.25) is 0 Å². The molecular formula is C18H21N5O7. The highest BCUT2D eigenvalue weighted by atomic mass is 16.6. The first-order valence-corrected chi connectivity index (χ1v) is 9.07. The number of nitrogens with one attached hydrogen (secondary N) is 1.